The highest BCUT2D eigenvalue weighted by Gasteiger charge is 2.45. The van der Waals surface area contributed by atoms with E-state index in [9.17, 15) is 19.2 Å². The van der Waals surface area contributed by atoms with Crippen LogP contribution in [0.3, 0.4) is 0 Å². The molecule has 2 aliphatic heterocycles. The molecular formula is C12H16N2O6S. The van der Waals surface area contributed by atoms with Crippen LogP contribution in [0.15, 0.2) is 0 Å². The van der Waals surface area contributed by atoms with Crippen LogP contribution in [-0.2, 0) is 19.1 Å². The molecule has 2 aliphatic rings. The summed E-state index contributed by atoms with van der Waals surface area (Å²) in [7, 11) is 0. The zero-order chi connectivity index (χ0) is 15.6. The number of carbonyl (C=O) groups excluding carboxylic acids is 3. The normalized spacial score (nSPS) is 25.6. The van der Waals surface area contributed by atoms with Crippen LogP contribution in [0.5, 0.6) is 0 Å². The number of fused-ring (bicyclic) bond motifs is 1. The average molecular weight is 316 g/mol. The second kappa shape index (κ2) is 6.33. The summed E-state index contributed by atoms with van der Waals surface area (Å²) in [5.41, 5.74) is 0. The van der Waals surface area contributed by atoms with Crippen LogP contribution in [-0.4, -0.2) is 56.7 Å². The summed E-state index contributed by atoms with van der Waals surface area (Å²) in [4.78, 5) is 46.3. The fourth-order valence-corrected chi connectivity index (χ4v) is 3.17. The number of hydrazine groups is 1. The third-order valence-electron chi connectivity index (χ3n) is 3.36. The molecule has 21 heavy (non-hydrogen) atoms. The first kappa shape index (κ1) is 15.6. The van der Waals surface area contributed by atoms with E-state index in [1.807, 2.05) is 0 Å². The van der Waals surface area contributed by atoms with E-state index in [2.05, 4.69) is 0 Å². The van der Waals surface area contributed by atoms with Gasteiger partial charge >= 0.3 is 6.16 Å². The van der Waals surface area contributed by atoms with Crippen molar-refractivity contribution in [3.63, 3.8) is 0 Å². The van der Waals surface area contributed by atoms with Crippen molar-refractivity contribution in [3.05, 3.63) is 0 Å². The fraction of sp³-hybridized carbons (Fsp3) is 0.667. The molecule has 116 valence electrons. The summed E-state index contributed by atoms with van der Waals surface area (Å²) in [6.45, 7) is 1.76. The van der Waals surface area contributed by atoms with Gasteiger partial charge in [-0.25, -0.2) is 14.8 Å². The first-order valence-corrected chi connectivity index (χ1v) is 7.55. The highest BCUT2D eigenvalue weighted by atomic mass is 32.2. The topological polar surface area (TPSA) is 104 Å². The summed E-state index contributed by atoms with van der Waals surface area (Å²) < 4.78 is 4.71. The number of hydrogen-bond acceptors (Lipinski definition) is 6. The van der Waals surface area contributed by atoms with Gasteiger partial charge in [0.1, 0.15) is 0 Å². The molecular weight excluding hydrogens is 300 g/mol. The van der Waals surface area contributed by atoms with E-state index in [-0.39, 0.29) is 29.1 Å². The maximum Gasteiger partial charge on any atom is 0.507 e. The van der Waals surface area contributed by atoms with E-state index in [1.54, 1.807) is 0 Å². The summed E-state index contributed by atoms with van der Waals surface area (Å²) in [5, 5.41) is 11.0. The Hall–Kier alpha value is -1.77. The molecule has 0 radical (unpaired) electrons. The standard InChI is InChI=1S/C12H16N2O6S/c1-7(15)21-6-8-5-9(16)13-4-2-3-10(20-12(18)19)14(13)11(8)17/h8,10H,2-6H2,1H3,(H,18,19). The molecule has 0 aromatic heterocycles. The number of amides is 2. The quantitative estimate of drug-likeness (QED) is 0.763. The molecule has 2 rings (SSSR count). The Morgan fingerprint density at radius 1 is 1.43 bits per heavy atom. The Balaban J connectivity index is 2.15. The minimum atomic E-state index is -1.48. The van der Waals surface area contributed by atoms with Gasteiger partial charge in [0.2, 0.25) is 11.8 Å². The SMILES string of the molecule is CC(=O)SCC1CC(=O)N2CCCC(OC(=O)O)N2C1=O. The molecule has 2 fully saturated rings. The first-order chi connectivity index (χ1) is 9.90. The molecule has 0 aromatic rings. The van der Waals surface area contributed by atoms with Crippen molar-refractivity contribution in [3.8, 4) is 0 Å². The third kappa shape index (κ3) is 3.46. The average Bonchev–Trinajstić information content (AvgIpc) is 2.40. The zero-order valence-electron chi connectivity index (χ0n) is 11.5. The van der Waals surface area contributed by atoms with E-state index in [0.29, 0.717) is 19.4 Å². The van der Waals surface area contributed by atoms with E-state index >= 15 is 0 Å². The van der Waals surface area contributed by atoms with Gasteiger partial charge in [-0.05, 0) is 6.42 Å². The predicted octanol–water partition coefficient (Wildman–Crippen LogP) is 0.673. The van der Waals surface area contributed by atoms with E-state index < -0.39 is 18.3 Å². The number of hydrogen-bond donors (Lipinski definition) is 1. The summed E-state index contributed by atoms with van der Waals surface area (Å²) in [6.07, 6.45) is -1.50. The lowest BCUT2D eigenvalue weighted by molar-refractivity contribution is -0.208. The largest absolute Gasteiger partial charge is 0.507 e. The summed E-state index contributed by atoms with van der Waals surface area (Å²) in [6, 6.07) is 0. The van der Waals surface area contributed by atoms with Crippen molar-refractivity contribution in [1.82, 2.24) is 10.0 Å². The first-order valence-electron chi connectivity index (χ1n) is 6.56. The van der Waals surface area contributed by atoms with Crippen molar-refractivity contribution in [2.75, 3.05) is 12.3 Å². The van der Waals surface area contributed by atoms with Crippen molar-refractivity contribution in [2.45, 2.75) is 32.4 Å². The lowest BCUT2D eigenvalue weighted by Crippen LogP contribution is -2.64. The Morgan fingerprint density at radius 3 is 2.76 bits per heavy atom. The molecule has 2 amide bonds. The van der Waals surface area contributed by atoms with E-state index in [0.717, 1.165) is 16.8 Å². The Kier molecular flexibility index (Phi) is 4.71. The number of ether oxygens (including phenoxy) is 1. The third-order valence-corrected chi connectivity index (χ3v) is 4.34. The minimum absolute atomic E-state index is 0.0371. The van der Waals surface area contributed by atoms with Gasteiger partial charge in [-0.1, -0.05) is 11.8 Å². The Morgan fingerprint density at radius 2 is 2.14 bits per heavy atom. The molecule has 0 aliphatic carbocycles. The van der Waals surface area contributed by atoms with Gasteiger partial charge in [-0.3, -0.25) is 14.4 Å². The van der Waals surface area contributed by atoms with E-state index in [4.69, 9.17) is 9.84 Å². The van der Waals surface area contributed by atoms with Gasteiger partial charge < -0.3 is 9.84 Å². The summed E-state index contributed by atoms with van der Waals surface area (Å²) >= 11 is 0.984. The van der Waals surface area contributed by atoms with Crippen LogP contribution in [0.4, 0.5) is 4.79 Å². The van der Waals surface area contributed by atoms with Gasteiger partial charge in [0.25, 0.3) is 0 Å². The molecule has 0 saturated carbocycles. The number of carbonyl (C=O) groups is 4. The molecule has 0 bridgehead atoms. The van der Waals surface area contributed by atoms with Crippen molar-refractivity contribution < 1.29 is 29.0 Å². The highest BCUT2D eigenvalue weighted by molar-refractivity contribution is 8.13. The number of rotatable bonds is 3. The van der Waals surface area contributed by atoms with Crippen LogP contribution in [0, 0.1) is 5.92 Å². The second-order valence-electron chi connectivity index (χ2n) is 4.88. The maximum absolute atomic E-state index is 12.4. The monoisotopic (exact) mass is 316 g/mol. The molecule has 2 heterocycles. The van der Waals surface area contributed by atoms with Crippen molar-refractivity contribution in [2.24, 2.45) is 5.92 Å². The fourth-order valence-electron chi connectivity index (χ4n) is 2.47. The maximum atomic E-state index is 12.4. The molecule has 0 spiro atoms. The van der Waals surface area contributed by atoms with Crippen LogP contribution >= 0.6 is 11.8 Å². The van der Waals surface area contributed by atoms with Gasteiger partial charge in [0.05, 0.1) is 5.92 Å². The molecule has 2 saturated heterocycles. The number of thioether (sulfide) groups is 1. The minimum Gasteiger partial charge on any atom is -0.450 e. The van der Waals surface area contributed by atoms with Crippen LogP contribution in [0.25, 0.3) is 0 Å². The molecule has 9 heteroatoms. The second-order valence-corrected chi connectivity index (χ2v) is 6.08. The Labute approximate surface area is 125 Å². The lowest BCUT2D eigenvalue weighted by Gasteiger charge is -2.47. The Bertz CT molecular complexity index is 482. The molecule has 2 unspecified atom stereocenters. The predicted molar refractivity (Wildman–Crippen MR) is 71.9 cm³/mol. The van der Waals surface area contributed by atoms with Gasteiger partial charge in [0, 0.05) is 32.1 Å². The van der Waals surface area contributed by atoms with Gasteiger partial charge in [0.15, 0.2) is 11.3 Å². The van der Waals surface area contributed by atoms with Crippen molar-refractivity contribution >= 4 is 34.8 Å². The molecule has 0 aromatic carbocycles. The smallest absolute Gasteiger partial charge is 0.450 e. The van der Waals surface area contributed by atoms with Crippen LogP contribution in [0.1, 0.15) is 26.2 Å². The summed E-state index contributed by atoms with van der Waals surface area (Å²) in [5.74, 6) is -1.03. The number of nitrogens with zero attached hydrogens (tertiary/aromatic N) is 2. The van der Waals surface area contributed by atoms with E-state index in [1.165, 1.54) is 11.9 Å². The zero-order valence-corrected chi connectivity index (χ0v) is 12.3. The molecule has 8 nitrogen and oxygen atoms in total. The van der Waals surface area contributed by atoms with Crippen molar-refractivity contribution in [1.29, 1.82) is 0 Å². The lowest BCUT2D eigenvalue weighted by atomic mass is 10.0. The molecule has 1 N–H and O–H groups in total. The van der Waals surface area contributed by atoms with Gasteiger partial charge in [-0.2, -0.15) is 0 Å². The van der Waals surface area contributed by atoms with Crippen LogP contribution < -0.4 is 0 Å². The number of carboxylic acid groups (broad SMARTS) is 1. The highest BCUT2D eigenvalue weighted by Crippen LogP contribution is 2.30. The van der Waals surface area contributed by atoms with Crippen LogP contribution in [0.2, 0.25) is 0 Å². The van der Waals surface area contributed by atoms with Gasteiger partial charge in [-0.15, -0.1) is 0 Å². The molecule has 2 atom stereocenters.